The number of ether oxygens (including phenoxy) is 1. The Morgan fingerprint density at radius 3 is 2.64 bits per heavy atom. The highest BCUT2D eigenvalue weighted by atomic mass is 19.4. The van der Waals surface area contributed by atoms with Crippen molar-refractivity contribution < 1.29 is 32.2 Å². The van der Waals surface area contributed by atoms with Crippen molar-refractivity contribution in [1.82, 2.24) is 9.88 Å². The van der Waals surface area contributed by atoms with E-state index in [-0.39, 0.29) is 30.0 Å². The second-order valence-corrected chi connectivity index (χ2v) is 6.11. The van der Waals surface area contributed by atoms with Crippen molar-refractivity contribution in [2.24, 2.45) is 0 Å². The Morgan fingerprint density at radius 2 is 2.04 bits per heavy atom. The van der Waals surface area contributed by atoms with E-state index in [0.29, 0.717) is 6.07 Å². The van der Waals surface area contributed by atoms with E-state index < -0.39 is 35.9 Å². The maximum Gasteiger partial charge on any atom is 0.433 e. The van der Waals surface area contributed by atoms with E-state index in [9.17, 15) is 27.5 Å². The molecule has 0 aliphatic carbocycles. The van der Waals surface area contributed by atoms with Gasteiger partial charge < -0.3 is 14.7 Å². The van der Waals surface area contributed by atoms with Crippen LogP contribution in [0.1, 0.15) is 21.6 Å². The normalized spacial score (nSPS) is 19.4. The minimum atomic E-state index is -4.76. The lowest BCUT2D eigenvalue weighted by Crippen LogP contribution is -2.29. The quantitative estimate of drug-likeness (QED) is 0.808. The summed E-state index contributed by atoms with van der Waals surface area (Å²) in [5.74, 6) is -1.01. The molecular formula is C18H13F4N3O3. The number of pyridine rings is 1. The van der Waals surface area contributed by atoms with Gasteiger partial charge in [0.2, 0.25) is 5.88 Å². The molecule has 0 unspecified atom stereocenters. The number of nitrogens with zero attached hydrogens (tertiary/aromatic N) is 3. The summed E-state index contributed by atoms with van der Waals surface area (Å²) >= 11 is 0. The Hall–Kier alpha value is -3.19. The monoisotopic (exact) mass is 395 g/mol. The lowest BCUT2D eigenvalue weighted by atomic mass is 10.2. The summed E-state index contributed by atoms with van der Waals surface area (Å²) in [5, 5.41) is 18.3. The van der Waals surface area contributed by atoms with Crippen LogP contribution in [0.3, 0.4) is 0 Å². The van der Waals surface area contributed by atoms with Crippen LogP contribution < -0.4 is 4.74 Å². The molecule has 1 N–H and O–H groups in total. The first-order valence-electron chi connectivity index (χ1n) is 8.06. The summed E-state index contributed by atoms with van der Waals surface area (Å²) in [6, 6.07) is 8.74. The third kappa shape index (κ3) is 4.20. The number of amides is 1. The minimum absolute atomic E-state index is 0.0121. The molecule has 146 valence electrons. The first kappa shape index (κ1) is 19.6. The maximum absolute atomic E-state index is 13.4. The number of carbonyl (C=O) groups is 1. The lowest BCUT2D eigenvalue weighted by molar-refractivity contribution is -0.141. The van der Waals surface area contributed by atoms with Gasteiger partial charge in [-0.05, 0) is 24.3 Å². The van der Waals surface area contributed by atoms with E-state index >= 15 is 0 Å². The van der Waals surface area contributed by atoms with E-state index in [1.165, 1.54) is 24.3 Å². The van der Waals surface area contributed by atoms with E-state index in [4.69, 9.17) is 10.00 Å². The zero-order valence-electron chi connectivity index (χ0n) is 14.2. The van der Waals surface area contributed by atoms with Crippen LogP contribution in [0.5, 0.6) is 11.6 Å². The molecule has 1 saturated heterocycles. The van der Waals surface area contributed by atoms with Crippen LogP contribution in [0.15, 0.2) is 36.4 Å². The number of rotatable bonds is 3. The number of β-amino-alcohol motifs (C(OH)–C–C–N with tert-alkyl or cyclic N) is 1. The molecule has 1 aromatic heterocycles. The van der Waals surface area contributed by atoms with Crippen LogP contribution >= 0.6 is 0 Å². The molecule has 1 aliphatic rings. The second-order valence-electron chi connectivity index (χ2n) is 6.11. The zero-order valence-corrected chi connectivity index (χ0v) is 14.2. The topological polar surface area (TPSA) is 86.5 Å². The van der Waals surface area contributed by atoms with Gasteiger partial charge in [0, 0.05) is 18.2 Å². The predicted molar refractivity (Wildman–Crippen MR) is 87.3 cm³/mol. The van der Waals surface area contributed by atoms with Gasteiger partial charge in [-0.15, -0.1) is 0 Å². The van der Waals surface area contributed by atoms with Crippen molar-refractivity contribution in [2.75, 3.05) is 13.1 Å². The number of carbonyl (C=O) groups excluding carboxylic acids is 1. The molecule has 1 aromatic carbocycles. The van der Waals surface area contributed by atoms with Crippen molar-refractivity contribution in [3.05, 3.63) is 53.2 Å². The average molecular weight is 395 g/mol. The molecule has 10 heteroatoms. The maximum atomic E-state index is 13.4. The smallest absolute Gasteiger partial charge is 0.433 e. The summed E-state index contributed by atoms with van der Waals surface area (Å²) in [6.07, 6.45) is -7.56. The van der Waals surface area contributed by atoms with Crippen LogP contribution in [0, 0.1) is 11.3 Å². The van der Waals surface area contributed by atoms with Crippen LogP contribution in [-0.2, 0) is 6.18 Å². The molecule has 2 heterocycles. The Balaban J connectivity index is 1.84. The van der Waals surface area contributed by atoms with Gasteiger partial charge in [0.25, 0.3) is 5.91 Å². The molecule has 0 bridgehead atoms. The van der Waals surface area contributed by atoms with E-state index in [1.54, 1.807) is 6.07 Å². The van der Waals surface area contributed by atoms with Crippen LogP contribution in [0.25, 0.3) is 0 Å². The third-order valence-electron chi connectivity index (χ3n) is 4.03. The van der Waals surface area contributed by atoms with Crippen LogP contribution in [0.2, 0.25) is 0 Å². The number of alkyl halides is 4. The molecular weight excluding hydrogens is 382 g/mol. The minimum Gasteiger partial charge on any atom is -0.439 e. The van der Waals surface area contributed by atoms with Crippen LogP contribution in [-0.4, -0.2) is 46.3 Å². The third-order valence-corrected chi connectivity index (χ3v) is 4.03. The van der Waals surface area contributed by atoms with Gasteiger partial charge in [-0.25, -0.2) is 9.37 Å². The SMILES string of the molecule is N#Cc1cc(Oc2cccc(C(=O)N3C[C@@H](O)[C@H](F)C3)c2)nc(C(F)(F)F)c1. The van der Waals surface area contributed by atoms with Crippen molar-refractivity contribution >= 4 is 5.91 Å². The highest BCUT2D eigenvalue weighted by Crippen LogP contribution is 2.31. The molecule has 2 aromatic rings. The number of likely N-dealkylation sites (tertiary alicyclic amines) is 1. The van der Waals surface area contributed by atoms with Crippen molar-refractivity contribution in [3.8, 4) is 17.7 Å². The summed E-state index contributed by atoms with van der Waals surface area (Å²) in [7, 11) is 0. The molecule has 1 aliphatic heterocycles. The highest BCUT2D eigenvalue weighted by molar-refractivity contribution is 5.94. The first-order chi connectivity index (χ1) is 13.2. The van der Waals surface area contributed by atoms with Gasteiger partial charge >= 0.3 is 6.18 Å². The second kappa shape index (κ2) is 7.44. The number of hydrogen-bond donors (Lipinski definition) is 1. The van der Waals surface area contributed by atoms with Crippen molar-refractivity contribution in [3.63, 3.8) is 0 Å². The highest BCUT2D eigenvalue weighted by Gasteiger charge is 2.35. The average Bonchev–Trinajstić information content (AvgIpc) is 2.99. The summed E-state index contributed by atoms with van der Waals surface area (Å²) in [6.45, 7) is -0.419. The summed E-state index contributed by atoms with van der Waals surface area (Å²) in [4.78, 5) is 16.9. The molecule has 2 atom stereocenters. The standard InChI is InChI=1S/C18H13F4N3O3/c19-13-8-25(9-14(13)26)17(27)11-2-1-3-12(6-11)28-16-5-10(7-23)4-15(24-16)18(20,21)22/h1-6,13-14,26H,8-9H2/t13-,14-/m1/s1. The number of aliphatic hydroxyl groups excluding tert-OH is 1. The number of halogens is 4. The fourth-order valence-corrected chi connectivity index (χ4v) is 2.68. The predicted octanol–water partition coefficient (Wildman–Crippen LogP) is 2.92. The van der Waals surface area contributed by atoms with Crippen molar-refractivity contribution in [2.45, 2.75) is 18.5 Å². The molecule has 0 spiro atoms. The van der Waals surface area contributed by atoms with Gasteiger partial charge in [0.1, 0.15) is 23.7 Å². The molecule has 3 rings (SSSR count). The molecule has 6 nitrogen and oxygen atoms in total. The Labute approximate surface area is 156 Å². The van der Waals surface area contributed by atoms with Crippen LogP contribution in [0.4, 0.5) is 17.6 Å². The fourth-order valence-electron chi connectivity index (χ4n) is 2.68. The van der Waals surface area contributed by atoms with Gasteiger partial charge in [0.15, 0.2) is 0 Å². The fraction of sp³-hybridized carbons (Fsp3) is 0.278. The Kier molecular flexibility index (Phi) is 5.20. The number of hydrogen-bond acceptors (Lipinski definition) is 5. The summed E-state index contributed by atoms with van der Waals surface area (Å²) in [5.41, 5.74) is -1.47. The Morgan fingerprint density at radius 1 is 1.29 bits per heavy atom. The number of nitriles is 1. The summed E-state index contributed by atoms with van der Waals surface area (Å²) < 4.78 is 57.4. The van der Waals surface area contributed by atoms with Gasteiger partial charge in [-0.1, -0.05) is 6.07 Å². The molecule has 1 fully saturated rings. The van der Waals surface area contributed by atoms with Gasteiger partial charge in [-0.3, -0.25) is 4.79 Å². The van der Waals surface area contributed by atoms with E-state index in [2.05, 4.69) is 4.98 Å². The Bertz CT molecular complexity index is 932. The number of aromatic nitrogens is 1. The lowest BCUT2D eigenvalue weighted by Gasteiger charge is -2.16. The number of aliphatic hydroxyl groups is 1. The molecule has 0 saturated carbocycles. The van der Waals surface area contributed by atoms with Gasteiger partial charge in [0.05, 0.1) is 18.2 Å². The molecule has 28 heavy (non-hydrogen) atoms. The van der Waals surface area contributed by atoms with E-state index in [1.807, 2.05) is 0 Å². The molecule has 1 amide bonds. The molecule has 0 radical (unpaired) electrons. The van der Waals surface area contributed by atoms with Crippen molar-refractivity contribution in [1.29, 1.82) is 5.26 Å². The first-order valence-corrected chi connectivity index (χ1v) is 8.06. The van der Waals surface area contributed by atoms with E-state index in [0.717, 1.165) is 11.0 Å². The zero-order chi connectivity index (χ0) is 20.5. The number of benzene rings is 1. The van der Waals surface area contributed by atoms with Gasteiger partial charge in [-0.2, -0.15) is 18.4 Å². The largest absolute Gasteiger partial charge is 0.439 e.